The van der Waals surface area contributed by atoms with E-state index in [1.54, 1.807) is 18.3 Å². The monoisotopic (exact) mass is 295 g/mol. The lowest BCUT2D eigenvalue weighted by molar-refractivity contribution is 0.780. The molecule has 0 fully saturated rings. The smallest absolute Gasteiger partial charge is 0.271 e. The maximum atomic E-state index is 12.5. The van der Waals surface area contributed by atoms with Crippen LogP contribution in [-0.2, 0) is 6.54 Å². The molecule has 0 radical (unpaired) electrons. The molecule has 0 saturated heterocycles. The molecule has 2 aromatic heterocycles. The summed E-state index contributed by atoms with van der Waals surface area (Å²) < 4.78 is 1.48. The molecule has 0 spiro atoms. The number of benzene rings is 1. The minimum absolute atomic E-state index is 0.0481. The first-order valence-electron chi connectivity index (χ1n) is 6.33. The summed E-state index contributed by atoms with van der Waals surface area (Å²) in [5.74, 6) is 0. The molecule has 0 aliphatic carbocycles. The van der Waals surface area contributed by atoms with Crippen molar-refractivity contribution in [3.63, 3.8) is 0 Å². The van der Waals surface area contributed by atoms with E-state index in [0.717, 1.165) is 5.56 Å². The molecule has 1 aromatic carbocycles. The molecule has 0 saturated carbocycles. The van der Waals surface area contributed by atoms with E-state index in [2.05, 4.69) is 4.98 Å². The van der Waals surface area contributed by atoms with E-state index < -0.39 is 5.56 Å². The Balaban J connectivity index is 2.32. The van der Waals surface area contributed by atoms with Gasteiger partial charge in [-0.25, -0.2) is 4.98 Å². The van der Waals surface area contributed by atoms with Crippen molar-refractivity contribution in [3.05, 3.63) is 75.2 Å². The van der Waals surface area contributed by atoms with Crippen molar-refractivity contribution in [2.75, 3.05) is 0 Å². The summed E-state index contributed by atoms with van der Waals surface area (Å²) in [5.41, 5.74) is 0.971. The highest BCUT2D eigenvalue weighted by atomic mass is 35.5. The number of halogens is 1. The lowest BCUT2D eigenvalue weighted by Crippen LogP contribution is -2.24. The second kappa shape index (κ2) is 5.39. The molecule has 4 nitrogen and oxygen atoms in total. The summed E-state index contributed by atoms with van der Waals surface area (Å²) in [6, 6.07) is 14.9. The Morgan fingerprint density at radius 3 is 2.67 bits per heavy atom. The zero-order valence-electron chi connectivity index (χ0n) is 11.0. The van der Waals surface area contributed by atoms with Crippen LogP contribution < -0.4 is 5.56 Å². The maximum absolute atomic E-state index is 12.5. The van der Waals surface area contributed by atoms with Gasteiger partial charge in [0.05, 0.1) is 11.6 Å². The number of aromatic nitrogens is 2. The summed E-state index contributed by atoms with van der Waals surface area (Å²) in [7, 11) is 0. The Bertz CT molecular complexity index is 910. The average Bonchev–Trinajstić information content (AvgIpc) is 2.53. The van der Waals surface area contributed by atoms with E-state index in [-0.39, 0.29) is 10.6 Å². The van der Waals surface area contributed by atoms with Gasteiger partial charge in [0.2, 0.25) is 0 Å². The van der Waals surface area contributed by atoms with Crippen LogP contribution in [0.1, 0.15) is 11.1 Å². The highest BCUT2D eigenvalue weighted by Gasteiger charge is 2.15. The third kappa shape index (κ3) is 2.28. The average molecular weight is 296 g/mol. The molecule has 3 aromatic rings. The standard InChI is InChI=1S/C16H10ClN3O/c17-14-12-7-4-8-19-15(12)20(16(21)13(14)9-18)10-11-5-2-1-3-6-11/h1-8H,10H2. The van der Waals surface area contributed by atoms with Gasteiger partial charge in [-0.2, -0.15) is 5.26 Å². The van der Waals surface area contributed by atoms with E-state index in [1.807, 2.05) is 36.4 Å². The highest BCUT2D eigenvalue weighted by Crippen LogP contribution is 2.23. The zero-order valence-corrected chi connectivity index (χ0v) is 11.7. The molecular formula is C16H10ClN3O. The van der Waals surface area contributed by atoms with E-state index in [0.29, 0.717) is 17.6 Å². The second-order valence-electron chi connectivity index (χ2n) is 4.55. The lowest BCUT2D eigenvalue weighted by Gasteiger charge is -2.11. The van der Waals surface area contributed by atoms with Crippen LogP contribution in [0.4, 0.5) is 0 Å². The summed E-state index contributed by atoms with van der Waals surface area (Å²) in [6.07, 6.45) is 1.60. The normalized spacial score (nSPS) is 10.5. The fourth-order valence-electron chi connectivity index (χ4n) is 2.25. The number of nitriles is 1. The molecule has 102 valence electrons. The van der Waals surface area contributed by atoms with Crippen molar-refractivity contribution < 1.29 is 0 Å². The van der Waals surface area contributed by atoms with Crippen molar-refractivity contribution in [3.8, 4) is 6.07 Å². The summed E-state index contributed by atoms with van der Waals surface area (Å²) in [6.45, 7) is 0.346. The molecule has 0 amide bonds. The van der Waals surface area contributed by atoms with Gasteiger partial charge in [0.25, 0.3) is 5.56 Å². The molecule has 0 aliphatic heterocycles. The number of hydrogen-bond acceptors (Lipinski definition) is 3. The third-order valence-corrected chi connectivity index (χ3v) is 3.65. The first-order chi connectivity index (χ1) is 10.2. The number of pyridine rings is 2. The van der Waals surface area contributed by atoms with Crippen LogP contribution in [0.25, 0.3) is 11.0 Å². The summed E-state index contributed by atoms with van der Waals surface area (Å²) in [4.78, 5) is 16.7. The molecule has 3 rings (SSSR count). The number of nitrogens with zero attached hydrogens (tertiary/aromatic N) is 3. The lowest BCUT2D eigenvalue weighted by atomic mass is 10.2. The van der Waals surface area contributed by atoms with Crippen LogP contribution in [0.3, 0.4) is 0 Å². The van der Waals surface area contributed by atoms with Crippen LogP contribution in [0.15, 0.2) is 53.5 Å². The quantitative estimate of drug-likeness (QED) is 0.730. The number of fused-ring (bicyclic) bond motifs is 1. The van der Waals surface area contributed by atoms with Crippen LogP contribution in [-0.4, -0.2) is 9.55 Å². The van der Waals surface area contributed by atoms with E-state index >= 15 is 0 Å². The summed E-state index contributed by atoms with van der Waals surface area (Å²) >= 11 is 6.15. The molecule has 5 heteroatoms. The molecule has 0 N–H and O–H groups in total. The van der Waals surface area contributed by atoms with Crippen LogP contribution in [0.2, 0.25) is 5.02 Å². The van der Waals surface area contributed by atoms with Crippen molar-refractivity contribution >= 4 is 22.6 Å². The van der Waals surface area contributed by atoms with E-state index in [4.69, 9.17) is 11.6 Å². The first kappa shape index (κ1) is 13.3. The van der Waals surface area contributed by atoms with Gasteiger partial charge in [0.15, 0.2) is 0 Å². The molecular weight excluding hydrogens is 286 g/mol. The van der Waals surface area contributed by atoms with Gasteiger partial charge in [-0.3, -0.25) is 9.36 Å². The van der Waals surface area contributed by atoms with Gasteiger partial charge in [-0.15, -0.1) is 0 Å². The van der Waals surface area contributed by atoms with Crippen molar-refractivity contribution in [1.82, 2.24) is 9.55 Å². The topological polar surface area (TPSA) is 58.7 Å². The largest absolute Gasteiger partial charge is 0.287 e. The zero-order chi connectivity index (χ0) is 14.8. The van der Waals surface area contributed by atoms with Gasteiger partial charge in [0, 0.05) is 11.6 Å². The van der Waals surface area contributed by atoms with Crippen LogP contribution in [0.5, 0.6) is 0 Å². The van der Waals surface area contributed by atoms with Gasteiger partial charge in [-0.1, -0.05) is 41.9 Å². The van der Waals surface area contributed by atoms with Crippen molar-refractivity contribution in [1.29, 1.82) is 5.26 Å². The number of hydrogen-bond donors (Lipinski definition) is 0. The van der Waals surface area contributed by atoms with E-state index in [9.17, 15) is 10.1 Å². The van der Waals surface area contributed by atoms with Gasteiger partial charge >= 0.3 is 0 Å². The third-order valence-electron chi connectivity index (χ3n) is 3.25. The van der Waals surface area contributed by atoms with Crippen molar-refractivity contribution in [2.24, 2.45) is 0 Å². The Hall–Kier alpha value is -2.64. The minimum Gasteiger partial charge on any atom is -0.287 e. The number of rotatable bonds is 2. The Labute approximate surface area is 125 Å². The Morgan fingerprint density at radius 1 is 1.19 bits per heavy atom. The first-order valence-corrected chi connectivity index (χ1v) is 6.71. The van der Waals surface area contributed by atoms with Crippen LogP contribution in [0, 0.1) is 11.3 Å². The molecule has 0 bridgehead atoms. The van der Waals surface area contributed by atoms with E-state index in [1.165, 1.54) is 4.57 Å². The molecule has 0 aliphatic rings. The van der Waals surface area contributed by atoms with Crippen LogP contribution >= 0.6 is 11.6 Å². The van der Waals surface area contributed by atoms with Crippen molar-refractivity contribution in [2.45, 2.75) is 6.54 Å². The molecule has 0 unspecified atom stereocenters. The molecule has 0 atom stereocenters. The highest BCUT2D eigenvalue weighted by molar-refractivity contribution is 6.36. The SMILES string of the molecule is N#Cc1c(Cl)c2cccnc2n(Cc2ccccc2)c1=O. The Kier molecular flexibility index (Phi) is 3.43. The fourth-order valence-corrected chi connectivity index (χ4v) is 2.52. The van der Waals surface area contributed by atoms with Gasteiger partial charge < -0.3 is 0 Å². The summed E-state index contributed by atoms with van der Waals surface area (Å²) in [5, 5.41) is 9.95. The predicted molar refractivity (Wildman–Crippen MR) is 81.3 cm³/mol. The van der Waals surface area contributed by atoms with Gasteiger partial charge in [-0.05, 0) is 17.7 Å². The molecule has 21 heavy (non-hydrogen) atoms. The minimum atomic E-state index is -0.419. The van der Waals surface area contributed by atoms with Gasteiger partial charge in [0.1, 0.15) is 17.3 Å². The predicted octanol–water partition coefficient (Wildman–Crippen LogP) is 2.97. The maximum Gasteiger partial charge on any atom is 0.271 e. The Morgan fingerprint density at radius 2 is 1.95 bits per heavy atom. The molecule has 2 heterocycles. The fraction of sp³-hybridized carbons (Fsp3) is 0.0625. The second-order valence-corrected chi connectivity index (χ2v) is 4.93.